The number of nitrogens with two attached hydrogens (primary N) is 1. The number of primary amides is 1. The average molecular weight is 205 g/mol. The minimum atomic E-state index is -1.11. The second-order valence-corrected chi connectivity index (χ2v) is 2.96. The van der Waals surface area contributed by atoms with Gasteiger partial charge in [0, 0.05) is 6.20 Å². The lowest BCUT2D eigenvalue weighted by Gasteiger charge is -1.99. The largest absolute Gasteiger partial charge is 0.477 e. The van der Waals surface area contributed by atoms with Crippen LogP contribution in [0.25, 0.3) is 5.65 Å². The van der Waals surface area contributed by atoms with Gasteiger partial charge < -0.3 is 10.8 Å². The Bertz CT molecular complexity index is 559. The molecule has 2 rings (SSSR count). The number of rotatable bonds is 2. The van der Waals surface area contributed by atoms with Crippen molar-refractivity contribution in [2.75, 3.05) is 0 Å². The van der Waals surface area contributed by atoms with E-state index in [1.807, 2.05) is 0 Å². The van der Waals surface area contributed by atoms with Crippen LogP contribution in [0.3, 0.4) is 0 Å². The van der Waals surface area contributed by atoms with Crippen molar-refractivity contribution in [2.45, 2.75) is 0 Å². The number of pyridine rings is 1. The molecule has 0 bridgehead atoms. The molecule has 0 aliphatic carbocycles. The van der Waals surface area contributed by atoms with E-state index in [4.69, 9.17) is 10.8 Å². The fourth-order valence-corrected chi connectivity index (χ4v) is 1.28. The normalized spacial score (nSPS) is 10.4. The second kappa shape index (κ2) is 3.09. The summed E-state index contributed by atoms with van der Waals surface area (Å²) in [5.41, 5.74) is 5.77. The van der Waals surface area contributed by atoms with Gasteiger partial charge in [0.15, 0.2) is 5.69 Å². The smallest absolute Gasteiger partial charge is 0.354 e. The Morgan fingerprint density at radius 2 is 2.13 bits per heavy atom. The number of carbonyl (C=O) groups is 2. The molecule has 76 valence electrons. The molecule has 15 heavy (non-hydrogen) atoms. The Labute approximate surface area is 84.0 Å². The quantitative estimate of drug-likeness (QED) is 0.728. The topological polar surface area (TPSA) is 97.7 Å². The summed E-state index contributed by atoms with van der Waals surface area (Å²) in [7, 11) is 0. The molecule has 2 heterocycles. The SMILES string of the molecule is NC(=O)c1ccc2ncc(C(=O)O)n2c1. The number of hydrogen-bond acceptors (Lipinski definition) is 3. The first-order valence-electron chi connectivity index (χ1n) is 4.10. The number of fused-ring (bicyclic) bond motifs is 1. The monoisotopic (exact) mass is 205 g/mol. The van der Waals surface area contributed by atoms with Gasteiger partial charge in [-0.25, -0.2) is 9.78 Å². The molecule has 2 aromatic heterocycles. The highest BCUT2D eigenvalue weighted by Gasteiger charge is 2.11. The van der Waals surface area contributed by atoms with E-state index in [-0.39, 0.29) is 11.3 Å². The second-order valence-electron chi connectivity index (χ2n) is 2.96. The molecule has 0 aromatic carbocycles. The van der Waals surface area contributed by atoms with Gasteiger partial charge in [0.25, 0.3) is 0 Å². The summed E-state index contributed by atoms with van der Waals surface area (Å²) >= 11 is 0. The summed E-state index contributed by atoms with van der Waals surface area (Å²) in [6.45, 7) is 0. The van der Waals surface area contributed by atoms with Crippen molar-refractivity contribution in [3.8, 4) is 0 Å². The van der Waals surface area contributed by atoms with Crippen molar-refractivity contribution in [3.05, 3.63) is 35.8 Å². The van der Waals surface area contributed by atoms with Crippen LogP contribution < -0.4 is 5.73 Å². The number of imidazole rings is 1. The van der Waals surface area contributed by atoms with Gasteiger partial charge in [0.2, 0.25) is 5.91 Å². The van der Waals surface area contributed by atoms with Gasteiger partial charge in [-0.3, -0.25) is 9.20 Å². The first-order chi connectivity index (χ1) is 7.09. The molecule has 0 aliphatic heterocycles. The predicted molar refractivity (Wildman–Crippen MR) is 50.7 cm³/mol. The lowest BCUT2D eigenvalue weighted by molar-refractivity contribution is 0.0689. The highest BCUT2D eigenvalue weighted by atomic mass is 16.4. The molecular formula is C9H7N3O3. The van der Waals surface area contributed by atoms with Crippen molar-refractivity contribution in [3.63, 3.8) is 0 Å². The summed E-state index contributed by atoms with van der Waals surface area (Å²) in [6, 6.07) is 3.03. The zero-order valence-corrected chi connectivity index (χ0v) is 7.54. The van der Waals surface area contributed by atoms with Crippen LogP contribution in [0, 0.1) is 0 Å². The molecular weight excluding hydrogens is 198 g/mol. The standard InChI is InChI=1S/C9H7N3O3/c10-8(13)5-1-2-7-11-3-6(9(14)15)12(7)4-5/h1-4H,(H2,10,13)(H,14,15). The number of hydrogen-bond donors (Lipinski definition) is 2. The van der Waals surface area contributed by atoms with E-state index in [2.05, 4.69) is 4.98 Å². The lowest BCUT2D eigenvalue weighted by atomic mass is 10.3. The highest BCUT2D eigenvalue weighted by molar-refractivity contribution is 5.93. The molecule has 0 unspecified atom stereocenters. The average Bonchev–Trinajstić information content (AvgIpc) is 2.59. The number of nitrogens with zero attached hydrogens (tertiary/aromatic N) is 2. The molecule has 0 fully saturated rings. The molecule has 0 saturated carbocycles. The maximum absolute atomic E-state index is 10.9. The summed E-state index contributed by atoms with van der Waals surface area (Å²) in [5.74, 6) is -1.72. The Morgan fingerprint density at radius 3 is 2.73 bits per heavy atom. The van der Waals surface area contributed by atoms with E-state index < -0.39 is 11.9 Å². The number of carbonyl (C=O) groups excluding carboxylic acids is 1. The highest BCUT2D eigenvalue weighted by Crippen LogP contribution is 2.08. The van der Waals surface area contributed by atoms with E-state index in [1.54, 1.807) is 0 Å². The Kier molecular flexibility index (Phi) is 1.89. The molecule has 6 heteroatoms. The maximum Gasteiger partial charge on any atom is 0.354 e. The minimum absolute atomic E-state index is 0.00639. The van der Waals surface area contributed by atoms with E-state index in [9.17, 15) is 9.59 Å². The van der Waals surface area contributed by atoms with Gasteiger partial charge >= 0.3 is 5.97 Å². The third-order valence-electron chi connectivity index (χ3n) is 2.01. The summed E-state index contributed by atoms with van der Waals surface area (Å²) in [6.07, 6.45) is 2.58. The fraction of sp³-hybridized carbons (Fsp3) is 0. The number of aromatic carboxylic acids is 1. The molecule has 0 radical (unpaired) electrons. The van der Waals surface area contributed by atoms with Crippen LogP contribution in [0.15, 0.2) is 24.5 Å². The Morgan fingerprint density at radius 1 is 1.40 bits per heavy atom. The van der Waals surface area contributed by atoms with Gasteiger partial charge in [0.1, 0.15) is 5.65 Å². The van der Waals surface area contributed by atoms with Gasteiger partial charge in [-0.2, -0.15) is 0 Å². The van der Waals surface area contributed by atoms with Crippen molar-refractivity contribution in [2.24, 2.45) is 5.73 Å². The van der Waals surface area contributed by atoms with Crippen LogP contribution in [0.5, 0.6) is 0 Å². The van der Waals surface area contributed by atoms with E-state index in [0.29, 0.717) is 5.65 Å². The zero-order valence-electron chi connectivity index (χ0n) is 7.54. The summed E-state index contributed by atoms with van der Waals surface area (Å²) in [5, 5.41) is 8.82. The van der Waals surface area contributed by atoms with Gasteiger partial charge in [-0.15, -0.1) is 0 Å². The van der Waals surface area contributed by atoms with Crippen molar-refractivity contribution in [1.29, 1.82) is 0 Å². The van der Waals surface area contributed by atoms with Crippen molar-refractivity contribution < 1.29 is 14.7 Å². The van der Waals surface area contributed by atoms with Crippen LogP contribution >= 0.6 is 0 Å². The molecule has 1 amide bonds. The van der Waals surface area contributed by atoms with E-state index in [0.717, 1.165) is 0 Å². The molecule has 6 nitrogen and oxygen atoms in total. The molecule has 3 N–H and O–H groups in total. The van der Waals surface area contributed by atoms with Crippen LogP contribution in [0.4, 0.5) is 0 Å². The van der Waals surface area contributed by atoms with Crippen LogP contribution in [0.1, 0.15) is 20.8 Å². The van der Waals surface area contributed by atoms with E-state index >= 15 is 0 Å². The Hall–Kier alpha value is -2.37. The number of carboxylic acid groups (broad SMARTS) is 1. The van der Waals surface area contributed by atoms with E-state index in [1.165, 1.54) is 28.9 Å². The van der Waals surface area contributed by atoms with Gasteiger partial charge in [0.05, 0.1) is 11.8 Å². The van der Waals surface area contributed by atoms with Gasteiger partial charge in [-0.05, 0) is 12.1 Å². The summed E-state index contributed by atoms with van der Waals surface area (Å²) < 4.78 is 1.31. The molecule has 0 atom stereocenters. The summed E-state index contributed by atoms with van der Waals surface area (Å²) in [4.78, 5) is 25.5. The van der Waals surface area contributed by atoms with Crippen LogP contribution in [-0.4, -0.2) is 26.4 Å². The zero-order chi connectivity index (χ0) is 11.0. The lowest BCUT2D eigenvalue weighted by Crippen LogP contribution is -2.12. The first-order valence-corrected chi connectivity index (χ1v) is 4.10. The van der Waals surface area contributed by atoms with Gasteiger partial charge in [-0.1, -0.05) is 0 Å². The minimum Gasteiger partial charge on any atom is -0.477 e. The number of carboxylic acids is 1. The number of amides is 1. The predicted octanol–water partition coefficient (Wildman–Crippen LogP) is 0.131. The maximum atomic E-state index is 10.9. The molecule has 0 aliphatic rings. The van der Waals surface area contributed by atoms with Crippen molar-refractivity contribution >= 4 is 17.5 Å². The number of aromatic nitrogens is 2. The van der Waals surface area contributed by atoms with Crippen molar-refractivity contribution in [1.82, 2.24) is 9.38 Å². The molecule has 2 aromatic rings. The Balaban J connectivity index is 2.72. The van der Waals surface area contributed by atoms with Crippen LogP contribution in [0.2, 0.25) is 0 Å². The molecule has 0 saturated heterocycles. The third kappa shape index (κ3) is 1.41. The molecule has 0 spiro atoms. The fourth-order valence-electron chi connectivity index (χ4n) is 1.28. The van der Waals surface area contributed by atoms with Crippen LogP contribution in [-0.2, 0) is 0 Å². The first kappa shape index (κ1) is 9.20. The third-order valence-corrected chi connectivity index (χ3v) is 2.01.